The smallest absolute Gasteiger partial charge is 0.321 e. The van der Waals surface area contributed by atoms with Crippen LogP contribution < -0.4 is 10.6 Å². The second kappa shape index (κ2) is 10.6. The van der Waals surface area contributed by atoms with Crippen molar-refractivity contribution in [2.75, 3.05) is 12.3 Å². The number of rotatable bonds is 8. The summed E-state index contributed by atoms with van der Waals surface area (Å²) in [6, 6.07) is 11.9. The highest BCUT2D eigenvalue weighted by Crippen LogP contribution is 2.21. The van der Waals surface area contributed by atoms with Crippen molar-refractivity contribution in [3.05, 3.63) is 58.3 Å². The summed E-state index contributed by atoms with van der Waals surface area (Å²) in [5, 5.41) is 6.64. The van der Waals surface area contributed by atoms with Crippen LogP contribution in [0.4, 0.5) is 4.79 Å². The molecule has 26 heavy (non-hydrogen) atoms. The van der Waals surface area contributed by atoms with Crippen molar-refractivity contribution < 1.29 is 19.1 Å². The quantitative estimate of drug-likeness (QED) is 0.675. The summed E-state index contributed by atoms with van der Waals surface area (Å²) < 4.78 is 5.35. The largest absolute Gasteiger partial charge is 0.447 e. The summed E-state index contributed by atoms with van der Waals surface area (Å²) in [6.45, 7) is 2.12. The molecule has 0 saturated carbocycles. The van der Waals surface area contributed by atoms with E-state index in [0.29, 0.717) is 17.9 Å². The van der Waals surface area contributed by atoms with Crippen molar-refractivity contribution in [1.82, 2.24) is 10.6 Å². The van der Waals surface area contributed by atoms with Crippen molar-refractivity contribution in [2.45, 2.75) is 18.8 Å². The van der Waals surface area contributed by atoms with Crippen molar-refractivity contribution >= 4 is 41.0 Å². The highest BCUT2D eigenvalue weighted by molar-refractivity contribution is 7.99. The van der Waals surface area contributed by atoms with Crippen LogP contribution in [0.25, 0.3) is 0 Å². The molecule has 0 radical (unpaired) electrons. The molecule has 6 nitrogen and oxygen atoms in total. The molecule has 0 aliphatic carbocycles. The Hall–Kier alpha value is -2.32. The average molecular weight is 393 g/mol. The number of hydrogen-bond donors (Lipinski definition) is 2. The maximum absolute atomic E-state index is 12.4. The van der Waals surface area contributed by atoms with Crippen molar-refractivity contribution in [2.24, 2.45) is 0 Å². The molecule has 0 aliphatic heterocycles. The zero-order valence-corrected chi connectivity index (χ0v) is 15.9. The van der Waals surface area contributed by atoms with Gasteiger partial charge in [-0.1, -0.05) is 36.4 Å². The van der Waals surface area contributed by atoms with Crippen LogP contribution in [-0.2, 0) is 20.1 Å². The maximum Gasteiger partial charge on any atom is 0.321 e. The number of nitrogens with one attached hydrogen (secondary N) is 2. The maximum atomic E-state index is 12.4. The molecule has 0 unspecified atom stereocenters. The van der Waals surface area contributed by atoms with Gasteiger partial charge < -0.3 is 10.1 Å². The summed E-state index contributed by atoms with van der Waals surface area (Å²) >= 11 is 3.04. The van der Waals surface area contributed by atoms with Gasteiger partial charge in [-0.3, -0.25) is 14.9 Å². The van der Waals surface area contributed by atoms with Crippen molar-refractivity contribution in [3.63, 3.8) is 0 Å². The van der Waals surface area contributed by atoms with E-state index in [1.54, 1.807) is 48.6 Å². The number of hydrogen-bond acceptors (Lipinski definition) is 6. The molecule has 3 amide bonds. The number of carbonyl (C=O) groups excluding carboxylic acids is 3. The summed E-state index contributed by atoms with van der Waals surface area (Å²) in [4.78, 5) is 37.3. The van der Waals surface area contributed by atoms with E-state index < -0.39 is 24.0 Å². The second-order valence-corrected chi connectivity index (χ2v) is 7.22. The first-order chi connectivity index (χ1) is 12.6. The first kappa shape index (κ1) is 20.0. The molecular formula is C18H20N2O4S2. The van der Waals surface area contributed by atoms with E-state index in [9.17, 15) is 14.4 Å². The number of thioether (sulfide) groups is 1. The van der Waals surface area contributed by atoms with E-state index in [4.69, 9.17) is 4.74 Å². The van der Waals surface area contributed by atoms with Gasteiger partial charge >= 0.3 is 12.0 Å². The number of urea groups is 1. The van der Waals surface area contributed by atoms with Crippen LogP contribution in [0.1, 0.15) is 23.5 Å². The molecule has 0 aliphatic rings. The molecule has 138 valence electrons. The number of benzene rings is 1. The Bertz CT molecular complexity index is 720. The first-order valence-corrected chi connectivity index (χ1v) is 10.1. The van der Waals surface area contributed by atoms with Gasteiger partial charge in [-0.15, -0.1) is 23.1 Å². The number of thiophene rings is 1. The summed E-state index contributed by atoms with van der Waals surface area (Å²) in [6.07, 6.45) is -1.17. The van der Waals surface area contributed by atoms with E-state index in [2.05, 4.69) is 10.6 Å². The van der Waals surface area contributed by atoms with E-state index >= 15 is 0 Å². The summed E-state index contributed by atoms with van der Waals surface area (Å²) in [5.41, 5.74) is 0.505. The predicted molar refractivity (Wildman–Crippen MR) is 103 cm³/mol. The van der Waals surface area contributed by atoms with E-state index in [-0.39, 0.29) is 5.75 Å². The Balaban J connectivity index is 1.95. The van der Waals surface area contributed by atoms with E-state index in [1.165, 1.54) is 11.8 Å². The molecule has 1 heterocycles. The molecule has 1 aromatic carbocycles. The van der Waals surface area contributed by atoms with Gasteiger partial charge in [0.2, 0.25) is 6.10 Å². The number of ether oxygens (including phenoxy) is 1. The normalized spacial score (nSPS) is 11.4. The summed E-state index contributed by atoms with van der Waals surface area (Å²) in [5.74, 6) is -0.367. The molecule has 0 saturated heterocycles. The molecule has 8 heteroatoms. The third kappa shape index (κ3) is 6.53. The molecule has 2 N–H and O–H groups in total. The van der Waals surface area contributed by atoms with Gasteiger partial charge in [-0.2, -0.15) is 0 Å². The van der Waals surface area contributed by atoms with Crippen molar-refractivity contribution in [1.29, 1.82) is 0 Å². The van der Waals surface area contributed by atoms with E-state index in [1.807, 2.05) is 17.5 Å². The fourth-order valence-electron chi connectivity index (χ4n) is 2.08. The Morgan fingerprint density at radius 2 is 1.92 bits per heavy atom. The van der Waals surface area contributed by atoms with Gasteiger partial charge in [0.15, 0.2) is 0 Å². The lowest BCUT2D eigenvalue weighted by molar-refractivity contribution is -0.153. The first-order valence-electron chi connectivity index (χ1n) is 8.03. The minimum Gasteiger partial charge on any atom is -0.447 e. The SMILES string of the molecule is CCNC(=O)NC(=O)[C@H](OC(=O)CSCc1cccs1)c1ccccc1. The molecule has 0 fully saturated rings. The molecule has 2 aromatic rings. The standard InChI is InChI=1S/C18H20N2O4S2/c1-2-19-18(23)20-17(22)16(13-7-4-3-5-8-13)24-15(21)12-25-11-14-9-6-10-26-14/h3-10,16H,2,11-12H2,1H3,(H2,19,20,22,23)/t16-/m1/s1. The number of imide groups is 1. The van der Waals surface area contributed by atoms with E-state index in [0.717, 1.165) is 4.88 Å². The lowest BCUT2D eigenvalue weighted by atomic mass is 10.1. The van der Waals surface area contributed by atoms with Gasteiger partial charge in [0, 0.05) is 22.7 Å². The van der Waals surface area contributed by atoms with Crippen LogP contribution in [0, 0.1) is 0 Å². The monoisotopic (exact) mass is 392 g/mol. The minimum atomic E-state index is -1.17. The number of carbonyl (C=O) groups is 3. The number of amides is 3. The molecular weight excluding hydrogens is 372 g/mol. The van der Waals surface area contributed by atoms with Crippen LogP contribution in [0.3, 0.4) is 0 Å². The molecule has 0 bridgehead atoms. The Morgan fingerprint density at radius 3 is 2.58 bits per heavy atom. The zero-order valence-electron chi connectivity index (χ0n) is 14.3. The van der Waals surface area contributed by atoms with Crippen LogP contribution in [0.5, 0.6) is 0 Å². The third-order valence-corrected chi connectivity index (χ3v) is 5.22. The van der Waals surface area contributed by atoms with Crippen LogP contribution in [0.2, 0.25) is 0 Å². The molecule has 2 rings (SSSR count). The lowest BCUT2D eigenvalue weighted by Crippen LogP contribution is -2.42. The Labute approximate surface area is 160 Å². The van der Waals surface area contributed by atoms with Crippen LogP contribution in [0.15, 0.2) is 47.8 Å². The molecule has 0 spiro atoms. The fraction of sp³-hybridized carbons (Fsp3) is 0.278. The minimum absolute atomic E-state index is 0.121. The van der Waals surface area contributed by atoms with Gasteiger partial charge in [0.05, 0.1) is 5.75 Å². The number of esters is 1. The van der Waals surface area contributed by atoms with Gasteiger partial charge in [-0.05, 0) is 18.4 Å². The molecule has 1 atom stereocenters. The summed E-state index contributed by atoms with van der Waals surface area (Å²) in [7, 11) is 0. The predicted octanol–water partition coefficient (Wildman–Crippen LogP) is 3.11. The van der Waals surface area contributed by atoms with Gasteiger partial charge in [0.25, 0.3) is 5.91 Å². The van der Waals surface area contributed by atoms with Crippen molar-refractivity contribution in [3.8, 4) is 0 Å². The Kier molecular flexibility index (Phi) is 8.17. The van der Waals surface area contributed by atoms with Crippen LogP contribution >= 0.6 is 23.1 Å². The van der Waals surface area contributed by atoms with Crippen LogP contribution in [-0.4, -0.2) is 30.2 Å². The van der Waals surface area contributed by atoms with Gasteiger partial charge in [-0.25, -0.2) is 4.79 Å². The Morgan fingerprint density at radius 1 is 1.15 bits per heavy atom. The van der Waals surface area contributed by atoms with Gasteiger partial charge in [0.1, 0.15) is 0 Å². The third-order valence-electron chi connectivity index (χ3n) is 3.21. The highest BCUT2D eigenvalue weighted by atomic mass is 32.2. The average Bonchev–Trinajstić information content (AvgIpc) is 3.14. The second-order valence-electron chi connectivity index (χ2n) is 5.20. The molecule has 1 aromatic heterocycles. The zero-order chi connectivity index (χ0) is 18.8. The highest BCUT2D eigenvalue weighted by Gasteiger charge is 2.26. The fourth-order valence-corrected chi connectivity index (χ4v) is 3.72. The lowest BCUT2D eigenvalue weighted by Gasteiger charge is -2.17. The topological polar surface area (TPSA) is 84.5 Å².